The summed E-state index contributed by atoms with van der Waals surface area (Å²) < 4.78 is 27.4. The van der Waals surface area contributed by atoms with Crippen LogP contribution in [0.15, 0.2) is 35.2 Å². The van der Waals surface area contributed by atoms with Gasteiger partial charge in [-0.2, -0.15) is 0 Å². The van der Waals surface area contributed by atoms with Crippen molar-refractivity contribution in [2.24, 2.45) is 5.73 Å². The third kappa shape index (κ3) is 3.72. The predicted octanol–water partition coefficient (Wildman–Crippen LogP) is 2.99. The maximum Gasteiger partial charge on any atom is 0.240 e. The lowest BCUT2D eigenvalue weighted by Crippen LogP contribution is -2.22. The molecule has 0 bridgehead atoms. The SMILES string of the molecule is NCc1ccc(S(=O)(=O)NCc2ccc(Cl)s2)cc1Cl. The fourth-order valence-corrected chi connectivity index (χ4v) is 4.03. The first kappa shape index (κ1) is 15.8. The van der Waals surface area contributed by atoms with Gasteiger partial charge in [-0.15, -0.1) is 11.3 Å². The predicted molar refractivity (Wildman–Crippen MR) is 82.7 cm³/mol. The number of hydrogen-bond donors (Lipinski definition) is 2. The molecular weight excluding hydrogens is 339 g/mol. The van der Waals surface area contributed by atoms with Crippen molar-refractivity contribution >= 4 is 44.6 Å². The van der Waals surface area contributed by atoms with Gasteiger partial charge >= 0.3 is 0 Å². The topological polar surface area (TPSA) is 72.2 Å². The summed E-state index contributed by atoms with van der Waals surface area (Å²) in [6.07, 6.45) is 0. The number of nitrogens with two attached hydrogens (primary N) is 1. The molecule has 0 saturated carbocycles. The molecule has 3 N–H and O–H groups in total. The number of nitrogens with one attached hydrogen (secondary N) is 1. The van der Waals surface area contributed by atoms with Gasteiger partial charge in [-0.3, -0.25) is 0 Å². The highest BCUT2D eigenvalue weighted by molar-refractivity contribution is 7.89. The molecule has 20 heavy (non-hydrogen) atoms. The van der Waals surface area contributed by atoms with Crippen molar-refractivity contribution in [2.45, 2.75) is 18.0 Å². The number of benzene rings is 1. The first-order valence-electron chi connectivity index (χ1n) is 5.65. The van der Waals surface area contributed by atoms with E-state index in [9.17, 15) is 8.42 Å². The maximum atomic E-state index is 12.1. The molecule has 0 radical (unpaired) electrons. The van der Waals surface area contributed by atoms with Gasteiger partial charge in [-0.25, -0.2) is 13.1 Å². The summed E-state index contributed by atoms with van der Waals surface area (Å²) in [6, 6.07) is 7.99. The molecule has 1 heterocycles. The number of halogens is 2. The molecule has 108 valence electrons. The summed E-state index contributed by atoms with van der Waals surface area (Å²) in [5, 5.41) is 0.342. The second kappa shape index (κ2) is 6.43. The molecule has 0 fully saturated rings. The molecule has 8 heteroatoms. The second-order valence-corrected chi connectivity index (χ2v) is 7.96. The number of rotatable bonds is 5. The highest BCUT2D eigenvalue weighted by atomic mass is 35.5. The van der Waals surface area contributed by atoms with E-state index >= 15 is 0 Å². The smallest absolute Gasteiger partial charge is 0.240 e. The number of sulfonamides is 1. The van der Waals surface area contributed by atoms with E-state index in [-0.39, 0.29) is 18.0 Å². The third-order valence-electron chi connectivity index (χ3n) is 2.62. The fourth-order valence-electron chi connectivity index (χ4n) is 1.56. The van der Waals surface area contributed by atoms with Crippen LogP contribution in [0.2, 0.25) is 9.36 Å². The van der Waals surface area contributed by atoms with Crippen LogP contribution in [0.25, 0.3) is 0 Å². The van der Waals surface area contributed by atoms with Crippen LogP contribution in [0.3, 0.4) is 0 Å². The Morgan fingerprint density at radius 1 is 1.20 bits per heavy atom. The van der Waals surface area contributed by atoms with Crippen molar-refractivity contribution < 1.29 is 8.42 Å². The Morgan fingerprint density at radius 2 is 1.95 bits per heavy atom. The Labute approximate surface area is 131 Å². The largest absolute Gasteiger partial charge is 0.326 e. The van der Waals surface area contributed by atoms with E-state index in [1.165, 1.54) is 23.5 Å². The number of thiophene rings is 1. The molecule has 0 aliphatic rings. The number of hydrogen-bond acceptors (Lipinski definition) is 4. The standard InChI is InChI=1S/C12H12Cl2N2O2S2/c13-11-5-10(3-1-8(11)6-15)20(17,18)16-7-9-2-4-12(14)19-9/h1-5,16H,6-7,15H2. The van der Waals surface area contributed by atoms with Gasteiger partial charge in [0.1, 0.15) is 0 Å². The molecule has 0 saturated heterocycles. The van der Waals surface area contributed by atoms with Crippen molar-refractivity contribution in [3.8, 4) is 0 Å². The average molecular weight is 351 g/mol. The molecule has 1 aromatic carbocycles. The Morgan fingerprint density at radius 3 is 2.50 bits per heavy atom. The zero-order valence-corrected chi connectivity index (χ0v) is 13.4. The minimum Gasteiger partial charge on any atom is -0.326 e. The lowest BCUT2D eigenvalue weighted by atomic mass is 10.2. The van der Waals surface area contributed by atoms with E-state index in [0.717, 1.165) is 4.88 Å². The molecule has 2 aromatic rings. The molecule has 0 spiro atoms. The van der Waals surface area contributed by atoms with Crippen molar-refractivity contribution in [1.82, 2.24) is 4.72 Å². The summed E-state index contributed by atoms with van der Waals surface area (Å²) >= 11 is 13.1. The van der Waals surface area contributed by atoms with Crippen LogP contribution in [0.1, 0.15) is 10.4 Å². The quantitative estimate of drug-likeness (QED) is 0.870. The normalized spacial score (nSPS) is 11.8. The van der Waals surface area contributed by atoms with E-state index in [2.05, 4.69) is 4.72 Å². The highest BCUT2D eigenvalue weighted by Gasteiger charge is 2.15. The molecule has 0 aliphatic heterocycles. The summed E-state index contributed by atoms with van der Waals surface area (Å²) in [5.41, 5.74) is 6.19. The van der Waals surface area contributed by atoms with Gasteiger partial charge in [0.15, 0.2) is 0 Å². The van der Waals surface area contributed by atoms with Crippen LogP contribution < -0.4 is 10.5 Å². The first-order valence-corrected chi connectivity index (χ1v) is 8.70. The lowest BCUT2D eigenvalue weighted by molar-refractivity contribution is 0.582. The van der Waals surface area contributed by atoms with Crippen LogP contribution in [-0.4, -0.2) is 8.42 Å². The Balaban J connectivity index is 2.15. The van der Waals surface area contributed by atoms with Gasteiger partial charge in [-0.05, 0) is 29.8 Å². The van der Waals surface area contributed by atoms with E-state index in [4.69, 9.17) is 28.9 Å². The molecule has 2 rings (SSSR count). The maximum absolute atomic E-state index is 12.1. The van der Waals surface area contributed by atoms with Crippen LogP contribution in [0, 0.1) is 0 Å². The summed E-state index contributed by atoms with van der Waals surface area (Å²) in [7, 11) is -3.61. The van der Waals surface area contributed by atoms with Gasteiger partial charge in [0.25, 0.3) is 0 Å². The molecule has 1 aromatic heterocycles. The van der Waals surface area contributed by atoms with Crippen molar-refractivity contribution in [1.29, 1.82) is 0 Å². The van der Waals surface area contributed by atoms with Crippen LogP contribution in [-0.2, 0) is 23.1 Å². The zero-order valence-electron chi connectivity index (χ0n) is 10.3. The van der Waals surface area contributed by atoms with Crippen LogP contribution in [0.4, 0.5) is 0 Å². The van der Waals surface area contributed by atoms with Crippen LogP contribution in [0.5, 0.6) is 0 Å². The Kier molecular flexibility index (Phi) is 5.06. The summed E-state index contributed by atoms with van der Waals surface area (Å²) in [4.78, 5) is 0.950. The van der Waals surface area contributed by atoms with Crippen molar-refractivity contribution in [3.05, 3.63) is 50.1 Å². The van der Waals surface area contributed by atoms with Crippen LogP contribution >= 0.6 is 34.5 Å². The van der Waals surface area contributed by atoms with Crippen molar-refractivity contribution in [2.75, 3.05) is 0 Å². The fraction of sp³-hybridized carbons (Fsp3) is 0.167. The second-order valence-electron chi connectivity index (χ2n) is 3.99. The monoisotopic (exact) mass is 350 g/mol. The minimum absolute atomic E-state index is 0.113. The lowest BCUT2D eigenvalue weighted by Gasteiger charge is -2.08. The van der Waals surface area contributed by atoms with Gasteiger partial charge in [0, 0.05) is 23.0 Å². The molecule has 4 nitrogen and oxygen atoms in total. The molecule has 0 aliphatic carbocycles. The molecule has 0 amide bonds. The summed E-state index contributed by atoms with van der Waals surface area (Å²) in [5.74, 6) is 0. The third-order valence-corrected chi connectivity index (χ3v) is 5.60. The Hall–Kier alpha value is -0.630. The summed E-state index contributed by atoms with van der Waals surface area (Å²) in [6.45, 7) is 0.455. The van der Waals surface area contributed by atoms with E-state index in [1.807, 2.05) is 0 Å². The Bertz CT molecular complexity index is 714. The van der Waals surface area contributed by atoms with Gasteiger partial charge in [0.05, 0.1) is 9.23 Å². The van der Waals surface area contributed by atoms with Gasteiger partial charge in [0.2, 0.25) is 10.0 Å². The van der Waals surface area contributed by atoms with Gasteiger partial charge < -0.3 is 5.73 Å². The molecular formula is C12H12Cl2N2O2S2. The zero-order chi connectivity index (χ0) is 14.8. The highest BCUT2D eigenvalue weighted by Crippen LogP contribution is 2.23. The first-order chi connectivity index (χ1) is 9.42. The van der Waals surface area contributed by atoms with E-state index < -0.39 is 10.0 Å². The van der Waals surface area contributed by atoms with E-state index in [0.29, 0.717) is 14.9 Å². The van der Waals surface area contributed by atoms with E-state index in [1.54, 1.807) is 18.2 Å². The average Bonchev–Trinajstić information content (AvgIpc) is 2.82. The molecule has 0 unspecified atom stereocenters. The van der Waals surface area contributed by atoms with Crippen molar-refractivity contribution in [3.63, 3.8) is 0 Å². The minimum atomic E-state index is -3.61. The molecule has 0 atom stereocenters. The van der Waals surface area contributed by atoms with Gasteiger partial charge in [-0.1, -0.05) is 29.3 Å².